The van der Waals surface area contributed by atoms with Gasteiger partial charge in [-0.3, -0.25) is 9.69 Å². The third-order valence-electron chi connectivity index (χ3n) is 2.12. The molecule has 0 radical (unpaired) electrons. The average molecular weight is 191 g/mol. The fraction of sp³-hybridized carbons (Fsp3) is 0.417. The van der Waals surface area contributed by atoms with Crippen molar-refractivity contribution in [3.63, 3.8) is 0 Å². The highest BCUT2D eigenvalue weighted by Crippen LogP contribution is 2.00. The minimum atomic E-state index is 0.223. The Morgan fingerprint density at radius 1 is 1.29 bits per heavy atom. The summed E-state index contributed by atoms with van der Waals surface area (Å²) in [6, 6.07) is 10.3. The van der Waals surface area contributed by atoms with Crippen LogP contribution >= 0.6 is 0 Å². The molecule has 76 valence electrons. The molecule has 0 saturated carbocycles. The zero-order valence-corrected chi connectivity index (χ0v) is 8.86. The second-order valence-electron chi connectivity index (χ2n) is 3.68. The molecule has 0 bridgehead atoms. The predicted molar refractivity (Wildman–Crippen MR) is 58.3 cm³/mol. The van der Waals surface area contributed by atoms with Crippen molar-refractivity contribution in [1.29, 1.82) is 0 Å². The highest BCUT2D eigenvalue weighted by Gasteiger charge is 2.01. The smallest absolute Gasteiger partial charge is 0.143 e. The first-order valence-electron chi connectivity index (χ1n) is 4.90. The van der Waals surface area contributed by atoms with Crippen molar-refractivity contribution < 1.29 is 4.79 Å². The Bertz CT molecular complexity index is 282. The van der Waals surface area contributed by atoms with Crippen LogP contribution in [0.25, 0.3) is 0 Å². The number of hydrogen-bond acceptors (Lipinski definition) is 2. The van der Waals surface area contributed by atoms with Crippen LogP contribution in [-0.4, -0.2) is 30.8 Å². The van der Waals surface area contributed by atoms with Gasteiger partial charge >= 0.3 is 0 Å². The molecule has 0 aliphatic heterocycles. The molecule has 0 atom stereocenters. The van der Waals surface area contributed by atoms with E-state index in [4.69, 9.17) is 0 Å². The lowest BCUT2D eigenvalue weighted by atomic mass is 10.1. The van der Waals surface area contributed by atoms with E-state index in [1.807, 2.05) is 25.2 Å². The second kappa shape index (κ2) is 5.55. The highest BCUT2D eigenvalue weighted by atomic mass is 16.1. The number of hydrogen-bond donors (Lipinski definition) is 0. The van der Waals surface area contributed by atoms with E-state index in [-0.39, 0.29) is 5.78 Å². The fourth-order valence-corrected chi connectivity index (χ4v) is 1.42. The SMILES string of the molecule is CC(=O)CN(C)CCc1ccccc1. The molecular weight excluding hydrogens is 174 g/mol. The Morgan fingerprint density at radius 2 is 1.93 bits per heavy atom. The van der Waals surface area contributed by atoms with Gasteiger partial charge in [0.05, 0.1) is 6.54 Å². The molecule has 14 heavy (non-hydrogen) atoms. The summed E-state index contributed by atoms with van der Waals surface area (Å²) >= 11 is 0. The Balaban J connectivity index is 2.30. The maximum atomic E-state index is 10.8. The van der Waals surface area contributed by atoms with Gasteiger partial charge in [-0.05, 0) is 26.0 Å². The van der Waals surface area contributed by atoms with Gasteiger partial charge in [-0.15, -0.1) is 0 Å². The molecule has 0 saturated heterocycles. The van der Waals surface area contributed by atoms with E-state index in [1.54, 1.807) is 6.92 Å². The Hall–Kier alpha value is -1.15. The largest absolute Gasteiger partial charge is 0.299 e. The number of carbonyl (C=O) groups is 1. The molecule has 2 nitrogen and oxygen atoms in total. The predicted octanol–water partition coefficient (Wildman–Crippen LogP) is 1.75. The molecule has 2 heteroatoms. The summed E-state index contributed by atoms with van der Waals surface area (Å²) in [6.07, 6.45) is 1.00. The number of likely N-dealkylation sites (N-methyl/N-ethyl adjacent to an activating group) is 1. The van der Waals surface area contributed by atoms with Gasteiger partial charge in [0.1, 0.15) is 5.78 Å². The fourth-order valence-electron chi connectivity index (χ4n) is 1.42. The van der Waals surface area contributed by atoms with Gasteiger partial charge in [-0.2, -0.15) is 0 Å². The Labute approximate surface area is 85.5 Å². The monoisotopic (exact) mass is 191 g/mol. The Kier molecular flexibility index (Phi) is 4.33. The second-order valence-corrected chi connectivity index (χ2v) is 3.68. The molecule has 0 aliphatic carbocycles. The van der Waals surface area contributed by atoms with Crippen molar-refractivity contribution in [2.45, 2.75) is 13.3 Å². The van der Waals surface area contributed by atoms with Crippen molar-refractivity contribution in [2.24, 2.45) is 0 Å². The molecule has 0 amide bonds. The molecule has 0 fully saturated rings. The third kappa shape index (κ3) is 4.19. The third-order valence-corrected chi connectivity index (χ3v) is 2.12. The van der Waals surface area contributed by atoms with E-state index in [0.717, 1.165) is 13.0 Å². The number of rotatable bonds is 5. The minimum Gasteiger partial charge on any atom is -0.299 e. The lowest BCUT2D eigenvalue weighted by Crippen LogP contribution is -2.26. The maximum absolute atomic E-state index is 10.8. The molecule has 0 heterocycles. The minimum absolute atomic E-state index is 0.223. The molecule has 0 unspecified atom stereocenters. The number of nitrogens with zero attached hydrogens (tertiary/aromatic N) is 1. The quantitative estimate of drug-likeness (QED) is 0.706. The first kappa shape index (κ1) is 10.9. The summed E-state index contributed by atoms with van der Waals surface area (Å²) in [7, 11) is 1.98. The number of carbonyl (C=O) groups excluding carboxylic acids is 1. The first-order valence-corrected chi connectivity index (χ1v) is 4.90. The van der Waals surface area contributed by atoms with Crippen LogP contribution in [0.2, 0.25) is 0 Å². The van der Waals surface area contributed by atoms with Crippen LogP contribution in [0.4, 0.5) is 0 Å². The van der Waals surface area contributed by atoms with Crippen LogP contribution in [0, 0.1) is 0 Å². The van der Waals surface area contributed by atoms with Crippen molar-refractivity contribution >= 4 is 5.78 Å². The molecule has 0 N–H and O–H groups in total. The van der Waals surface area contributed by atoms with Crippen LogP contribution in [0.3, 0.4) is 0 Å². The van der Waals surface area contributed by atoms with Crippen LogP contribution in [0.15, 0.2) is 30.3 Å². The number of benzene rings is 1. The lowest BCUT2D eigenvalue weighted by Gasteiger charge is -2.14. The molecular formula is C12H17NO. The van der Waals surface area contributed by atoms with E-state index in [9.17, 15) is 4.79 Å². The topological polar surface area (TPSA) is 20.3 Å². The normalized spacial score (nSPS) is 10.5. The number of ketones is 1. The lowest BCUT2D eigenvalue weighted by molar-refractivity contribution is -0.117. The molecule has 0 spiro atoms. The van der Waals surface area contributed by atoms with Crippen molar-refractivity contribution in [2.75, 3.05) is 20.1 Å². The van der Waals surface area contributed by atoms with E-state index in [1.165, 1.54) is 5.56 Å². The Morgan fingerprint density at radius 3 is 2.50 bits per heavy atom. The van der Waals surface area contributed by atoms with E-state index >= 15 is 0 Å². The van der Waals surface area contributed by atoms with Gasteiger partial charge in [0.25, 0.3) is 0 Å². The van der Waals surface area contributed by atoms with Gasteiger partial charge in [0.2, 0.25) is 0 Å². The van der Waals surface area contributed by atoms with Gasteiger partial charge in [-0.25, -0.2) is 0 Å². The molecule has 1 aromatic rings. The average Bonchev–Trinajstić information content (AvgIpc) is 2.15. The summed E-state index contributed by atoms with van der Waals surface area (Å²) in [4.78, 5) is 12.9. The molecule has 0 aliphatic rings. The van der Waals surface area contributed by atoms with Gasteiger partial charge < -0.3 is 0 Å². The van der Waals surface area contributed by atoms with Crippen molar-refractivity contribution in [1.82, 2.24) is 4.90 Å². The first-order chi connectivity index (χ1) is 6.68. The number of Topliss-reactive ketones (excluding diaryl/α,β-unsaturated/α-hetero) is 1. The van der Waals surface area contributed by atoms with E-state index in [2.05, 4.69) is 17.0 Å². The van der Waals surface area contributed by atoms with Crippen molar-refractivity contribution in [3.8, 4) is 0 Å². The zero-order chi connectivity index (χ0) is 10.4. The molecule has 0 aromatic heterocycles. The van der Waals surface area contributed by atoms with Gasteiger partial charge in [0.15, 0.2) is 0 Å². The van der Waals surface area contributed by atoms with Crippen LogP contribution in [0.5, 0.6) is 0 Å². The molecule has 1 aromatic carbocycles. The van der Waals surface area contributed by atoms with Crippen LogP contribution in [0.1, 0.15) is 12.5 Å². The van der Waals surface area contributed by atoms with Crippen LogP contribution < -0.4 is 0 Å². The summed E-state index contributed by atoms with van der Waals surface area (Å²) in [6.45, 7) is 3.11. The standard InChI is InChI=1S/C12H17NO/c1-11(14)10-13(2)9-8-12-6-4-3-5-7-12/h3-7H,8-10H2,1-2H3. The van der Waals surface area contributed by atoms with Gasteiger partial charge in [0, 0.05) is 6.54 Å². The van der Waals surface area contributed by atoms with E-state index in [0.29, 0.717) is 6.54 Å². The van der Waals surface area contributed by atoms with Crippen LogP contribution in [-0.2, 0) is 11.2 Å². The zero-order valence-electron chi connectivity index (χ0n) is 8.86. The maximum Gasteiger partial charge on any atom is 0.143 e. The van der Waals surface area contributed by atoms with Gasteiger partial charge in [-0.1, -0.05) is 30.3 Å². The van der Waals surface area contributed by atoms with Crippen molar-refractivity contribution in [3.05, 3.63) is 35.9 Å². The summed E-state index contributed by atoms with van der Waals surface area (Å²) in [5.74, 6) is 0.223. The van der Waals surface area contributed by atoms with E-state index < -0.39 is 0 Å². The summed E-state index contributed by atoms with van der Waals surface area (Å²) < 4.78 is 0. The summed E-state index contributed by atoms with van der Waals surface area (Å²) in [5, 5.41) is 0. The highest BCUT2D eigenvalue weighted by molar-refractivity contribution is 5.77. The molecule has 1 rings (SSSR count). The summed E-state index contributed by atoms with van der Waals surface area (Å²) in [5.41, 5.74) is 1.32.